The summed E-state index contributed by atoms with van der Waals surface area (Å²) in [5.74, 6) is 0.620. The van der Waals surface area contributed by atoms with Gasteiger partial charge in [0.1, 0.15) is 17.6 Å². The molecule has 2 N–H and O–H groups in total. The topological polar surface area (TPSA) is 83.8 Å². The Morgan fingerprint density at radius 2 is 1.76 bits per heavy atom. The number of aliphatic hydroxyl groups is 1. The van der Waals surface area contributed by atoms with Gasteiger partial charge in [-0.2, -0.15) is 0 Å². The molecule has 0 radical (unpaired) electrons. The highest BCUT2D eigenvalue weighted by molar-refractivity contribution is 5.94. The highest BCUT2D eigenvalue weighted by Crippen LogP contribution is 2.28. The van der Waals surface area contributed by atoms with Crippen molar-refractivity contribution in [2.75, 3.05) is 7.11 Å². The van der Waals surface area contributed by atoms with Crippen LogP contribution in [0.4, 0.5) is 0 Å². The molecule has 0 saturated carbocycles. The van der Waals surface area contributed by atoms with Gasteiger partial charge in [0.05, 0.1) is 7.11 Å². The van der Waals surface area contributed by atoms with Gasteiger partial charge in [0.25, 0.3) is 0 Å². The SMILES string of the molecule is COc1cc(C)c(O)c(CC=C(C)CC(=O)C=C(C)CCC[C@H](C)[C@@H](O)C(=O)C=C(C)C)c1. The van der Waals surface area contributed by atoms with Crippen LogP contribution in [0.5, 0.6) is 11.5 Å². The van der Waals surface area contributed by atoms with Crippen molar-refractivity contribution in [1.29, 1.82) is 0 Å². The molecule has 2 atom stereocenters. The van der Waals surface area contributed by atoms with Crippen LogP contribution in [0.15, 0.2) is 47.1 Å². The second-order valence-electron chi connectivity index (χ2n) is 9.28. The van der Waals surface area contributed by atoms with E-state index in [1.165, 1.54) is 6.08 Å². The lowest BCUT2D eigenvalue weighted by Gasteiger charge is -2.16. The standard InChI is InChI=1S/C28H40O5/c1-18(2)13-26(30)28(32)21(5)10-8-9-19(3)14-24(29)15-20(4)11-12-23-17-25(33-7)16-22(6)27(23)31/h11,13-14,16-17,21,28,31-32H,8-10,12,15H2,1-7H3/t21-,28+/m0/s1. The predicted octanol–water partition coefficient (Wildman–Crippen LogP) is 5.81. The number of rotatable bonds is 13. The molecule has 0 unspecified atom stereocenters. The zero-order valence-corrected chi connectivity index (χ0v) is 21.2. The summed E-state index contributed by atoms with van der Waals surface area (Å²) < 4.78 is 5.27. The first-order valence-corrected chi connectivity index (χ1v) is 11.5. The summed E-state index contributed by atoms with van der Waals surface area (Å²) >= 11 is 0. The number of hydrogen-bond donors (Lipinski definition) is 2. The number of hydrogen-bond acceptors (Lipinski definition) is 5. The molecular weight excluding hydrogens is 416 g/mol. The third kappa shape index (κ3) is 10.2. The predicted molar refractivity (Wildman–Crippen MR) is 134 cm³/mol. The van der Waals surface area contributed by atoms with E-state index in [1.54, 1.807) is 19.3 Å². The fourth-order valence-electron chi connectivity index (χ4n) is 3.63. The zero-order valence-electron chi connectivity index (χ0n) is 21.2. The summed E-state index contributed by atoms with van der Waals surface area (Å²) in [5.41, 5.74) is 4.34. The van der Waals surface area contributed by atoms with E-state index in [2.05, 4.69) is 0 Å². The first kappa shape index (κ1) is 28.4. The van der Waals surface area contributed by atoms with Crippen LogP contribution in [-0.2, 0) is 16.0 Å². The highest BCUT2D eigenvalue weighted by Gasteiger charge is 2.20. The van der Waals surface area contributed by atoms with Crippen LogP contribution in [-0.4, -0.2) is 35.0 Å². The van der Waals surface area contributed by atoms with Gasteiger partial charge in [-0.3, -0.25) is 9.59 Å². The van der Waals surface area contributed by atoms with Crippen molar-refractivity contribution in [3.63, 3.8) is 0 Å². The number of ketones is 2. The Kier molecular flexibility index (Phi) is 11.9. The Hall–Kier alpha value is -2.66. The normalized spacial score (nSPS) is 13.9. The molecule has 0 saturated heterocycles. The van der Waals surface area contributed by atoms with Gasteiger partial charge in [-0.05, 0) is 96.1 Å². The van der Waals surface area contributed by atoms with Crippen LogP contribution in [0.25, 0.3) is 0 Å². The van der Waals surface area contributed by atoms with Crippen LogP contribution in [0.2, 0.25) is 0 Å². The van der Waals surface area contributed by atoms with E-state index in [0.717, 1.165) is 40.7 Å². The molecule has 0 aliphatic rings. The molecule has 0 aliphatic carbocycles. The molecule has 33 heavy (non-hydrogen) atoms. The minimum atomic E-state index is -0.980. The average Bonchev–Trinajstić information content (AvgIpc) is 2.73. The zero-order chi connectivity index (χ0) is 25.1. The van der Waals surface area contributed by atoms with Crippen LogP contribution < -0.4 is 4.74 Å². The summed E-state index contributed by atoms with van der Waals surface area (Å²) in [6, 6.07) is 3.60. The van der Waals surface area contributed by atoms with Crippen molar-refractivity contribution in [2.24, 2.45) is 5.92 Å². The number of carbonyl (C=O) groups excluding carboxylic acids is 2. The lowest BCUT2D eigenvalue weighted by atomic mass is 9.93. The Balaban J connectivity index is 2.56. The molecule has 0 aromatic heterocycles. The lowest BCUT2D eigenvalue weighted by Crippen LogP contribution is -2.26. The number of phenolic OH excluding ortho intramolecular Hbond substituents is 1. The molecule has 1 aromatic carbocycles. The van der Waals surface area contributed by atoms with Gasteiger partial charge >= 0.3 is 0 Å². The Bertz CT molecular complexity index is 916. The maximum absolute atomic E-state index is 12.4. The molecule has 0 aliphatic heterocycles. The van der Waals surface area contributed by atoms with Gasteiger partial charge in [0, 0.05) is 12.0 Å². The van der Waals surface area contributed by atoms with Gasteiger partial charge in [-0.15, -0.1) is 0 Å². The number of methoxy groups -OCH3 is 1. The van der Waals surface area contributed by atoms with Crippen molar-refractivity contribution in [1.82, 2.24) is 0 Å². The van der Waals surface area contributed by atoms with E-state index in [9.17, 15) is 19.8 Å². The monoisotopic (exact) mass is 456 g/mol. The summed E-state index contributed by atoms with van der Waals surface area (Å²) in [6.45, 7) is 11.2. The smallest absolute Gasteiger partial charge is 0.184 e. The average molecular weight is 457 g/mol. The number of aliphatic hydroxyl groups excluding tert-OH is 1. The minimum absolute atomic E-state index is 0.0408. The van der Waals surface area contributed by atoms with Crippen LogP contribution >= 0.6 is 0 Å². The molecule has 0 amide bonds. The number of ether oxygens (including phenoxy) is 1. The minimum Gasteiger partial charge on any atom is -0.507 e. The highest BCUT2D eigenvalue weighted by atomic mass is 16.5. The second kappa shape index (κ2) is 13.8. The number of allylic oxidation sites excluding steroid dienone is 5. The molecular formula is C28H40O5. The first-order chi connectivity index (χ1) is 15.4. The quantitative estimate of drug-likeness (QED) is 0.289. The first-order valence-electron chi connectivity index (χ1n) is 11.5. The van der Waals surface area contributed by atoms with Crippen molar-refractivity contribution < 1.29 is 24.5 Å². The molecule has 182 valence electrons. The number of carbonyl (C=O) groups is 2. The van der Waals surface area contributed by atoms with E-state index >= 15 is 0 Å². The third-order valence-electron chi connectivity index (χ3n) is 5.61. The number of aryl methyl sites for hydroxylation is 1. The van der Waals surface area contributed by atoms with Crippen molar-refractivity contribution in [3.05, 3.63) is 58.2 Å². The fourth-order valence-corrected chi connectivity index (χ4v) is 3.63. The summed E-state index contributed by atoms with van der Waals surface area (Å²) in [6.07, 6.45) is 7.26. The van der Waals surface area contributed by atoms with Gasteiger partial charge in [0.2, 0.25) is 0 Å². The Morgan fingerprint density at radius 1 is 1.09 bits per heavy atom. The lowest BCUT2D eigenvalue weighted by molar-refractivity contribution is -0.124. The molecule has 1 rings (SSSR count). The van der Waals surface area contributed by atoms with Crippen molar-refractivity contribution in [3.8, 4) is 11.5 Å². The van der Waals surface area contributed by atoms with Crippen LogP contribution in [0.1, 0.15) is 71.4 Å². The van der Waals surface area contributed by atoms with Crippen LogP contribution in [0, 0.1) is 12.8 Å². The van der Waals surface area contributed by atoms with E-state index < -0.39 is 6.10 Å². The summed E-state index contributed by atoms with van der Waals surface area (Å²) in [4.78, 5) is 24.4. The van der Waals surface area contributed by atoms with E-state index in [4.69, 9.17) is 4.74 Å². The number of benzene rings is 1. The van der Waals surface area contributed by atoms with Gasteiger partial charge in [-0.25, -0.2) is 0 Å². The van der Waals surface area contributed by atoms with Crippen molar-refractivity contribution in [2.45, 2.75) is 79.8 Å². The van der Waals surface area contributed by atoms with E-state index in [-0.39, 0.29) is 23.2 Å². The van der Waals surface area contributed by atoms with Gasteiger partial charge in [0.15, 0.2) is 11.6 Å². The van der Waals surface area contributed by atoms with Gasteiger partial charge in [-0.1, -0.05) is 29.7 Å². The number of aromatic hydroxyl groups is 1. The molecule has 0 heterocycles. The molecule has 5 heteroatoms. The maximum Gasteiger partial charge on any atom is 0.184 e. The Morgan fingerprint density at radius 3 is 2.36 bits per heavy atom. The third-order valence-corrected chi connectivity index (χ3v) is 5.61. The maximum atomic E-state index is 12.4. The van der Waals surface area contributed by atoms with E-state index in [1.807, 2.05) is 53.7 Å². The Labute approximate surface area is 198 Å². The van der Waals surface area contributed by atoms with Crippen LogP contribution in [0.3, 0.4) is 0 Å². The summed E-state index contributed by atoms with van der Waals surface area (Å²) in [5, 5.41) is 20.4. The molecule has 0 fully saturated rings. The van der Waals surface area contributed by atoms with Crippen molar-refractivity contribution >= 4 is 11.6 Å². The number of phenols is 1. The molecule has 1 aromatic rings. The molecule has 0 bridgehead atoms. The van der Waals surface area contributed by atoms with Gasteiger partial charge < -0.3 is 14.9 Å². The fraction of sp³-hybridized carbons (Fsp3) is 0.500. The molecule has 5 nitrogen and oxygen atoms in total. The largest absolute Gasteiger partial charge is 0.507 e. The van der Waals surface area contributed by atoms with E-state index in [0.29, 0.717) is 25.0 Å². The summed E-state index contributed by atoms with van der Waals surface area (Å²) in [7, 11) is 1.59. The molecule has 0 spiro atoms. The second-order valence-corrected chi connectivity index (χ2v) is 9.28.